The van der Waals surface area contributed by atoms with Crippen molar-refractivity contribution in [1.29, 1.82) is 0 Å². The van der Waals surface area contributed by atoms with Gasteiger partial charge in [0.15, 0.2) is 0 Å². The lowest BCUT2D eigenvalue weighted by Gasteiger charge is -2.30. The lowest BCUT2D eigenvalue weighted by molar-refractivity contribution is 0.120. The van der Waals surface area contributed by atoms with Gasteiger partial charge in [0.25, 0.3) is 0 Å². The number of hydrogen-bond donors (Lipinski definition) is 1. The van der Waals surface area contributed by atoms with Gasteiger partial charge in [-0.2, -0.15) is 0 Å². The van der Waals surface area contributed by atoms with Gasteiger partial charge in [-0.3, -0.25) is 0 Å². The number of aliphatic hydroxyl groups is 1. The maximum Gasteiger partial charge on any atom is 0.148 e. The fourth-order valence-corrected chi connectivity index (χ4v) is 3.02. The molecule has 0 spiro atoms. The summed E-state index contributed by atoms with van der Waals surface area (Å²) < 4.78 is 20.0. The largest absolute Gasteiger partial charge is 0.378 e. The normalized spacial score (nSPS) is 16.7. The minimum Gasteiger partial charge on any atom is -0.378 e. The second-order valence-corrected chi connectivity index (χ2v) is 6.41. The predicted molar refractivity (Wildman–Crippen MR) is 97.1 cm³/mol. The summed E-state index contributed by atoms with van der Waals surface area (Å²) in [7, 11) is 0. The van der Waals surface area contributed by atoms with E-state index in [1.807, 2.05) is 42.2 Å². The van der Waals surface area contributed by atoms with Gasteiger partial charge in [-0.15, -0.1) is 0 Å². The van der Waals surface area contributed by atoms with Gasteiger partial charge in [0.05, 0.1) is 18.9 Å². The van der Waals surface area contributed by atoms with Crippen LogP contribution in [-0.2, 0) is 10.3 Å². The smallest absolute Gasteiger partial charge is 0.148 e. The zero-order chi connectivity index (χ0) is 17.9. The van der Waals surface area contributed by atoms with Crippen LogP contribution in [0.25, 0.3) is 0 Å². The molecule has 1 heterocycles. The molecule has 0 radical (unpaired) electrons. The molecular weight excluding hydrogens is 317 g/mol. The molecule has 0 bridgehead atoms. The highest BCUT2D eigenvalue weighted by Crippen LogP contribution is 2.30. The molecule has 0 aliphatic carbocycles. The fraction of sp³-hybridized carbons (Fsp3) is 0.333. The summed E-state index contributed by atoms with van der Waals surface area (Å²) in [6, 6.07) is 12.6. The highest BCUT2D eigenvalue weighted by atomic mass is 19.1. The van der Waals surface area contributed by atoms with Crippen molar-refractivity contribution in [2.45, 2.75) is 19.4 Å². The Hall–Kier alpha value is -2.35. The van der Waals surface area contributed by atoms with Crippen molar-refractivity contribution in [3.8, 4) is 11.8 Å². The van der Waals surface area contributed by atoms with Crippen LogP contribution in [0.3, 0.4) is 0 Å². The van der Waals surface area contributed by atoms with Gasteiger partial charge < -0.3 is 14.7 Å². The molecule has 0 saturated carbocycles. The van der Waals surface area contributed by atoms with E-state index < -0.39 is 5.60 Å². The Morgan fingerprint density at radius 1 is 1.16 bits per heavy atom. The monoisotopic (exact) mass is 339 g/mol. The van der Waals surface area contributed by atoms with E-state index in [2.05, 4.69) is 11.8 Å². The third-order valence-corrected chi connectivity index (χ3v) is 4.39. The van der Waals surface area contributed by atoms with Crippen molar-refractivity contribution in [2.24, 2.45) is 0 Å². The Bertz CT molecular complexity index is 800. The van der Waals surface area contributed by atoms with Gasteiger partial charge in [0.2, 0.25) is 0 Å². The highest BCUT2D eigenvalue weighted by molar-refractivity contribution is 5.55. The first-order valence-corrected chi connectivity index (χ1v) is 8.41. The standard InChI is InChI=1S/C21H22FNO2/c1-16-14-20(23-10-12-25-13-11-23)19(22)15-18(16)21(2,24)9-8-17-6-4-3-5-7-17/h3-7,14-15,24H,10-13H2,1-2H3/t21-/m1/s1. The van der Waals surface area contributed by atoms with E-state index in [1.54, 1.807) is 13.0 Å². The molecule has 1 saturated heterocycles. The van der Waals surface area contributed by atoms with Crippen molar-refractivity contribution < 1.29 is 14.2 Å². The SMILES string of the molecule is Cc1cc(N2CCOCC2)c(F)cc1[C@](C)(O)C#Cc1ccccc1. The van der Waals surface area contributed by atoms with E-state index in [4.69, 9.17) is 4.74 Å². The molecule has 1 atom stereocenters. The Morgan fingerprint density at radius 3 is 2.52 bits per heavy atom. The molecule has 25 heavy (non-hydrogen) atoms. The summed E-state index contributed by atoms with van der Waals surface area (Å²) in [6.45, 7) is 6.00. The summed E-state index contributed by atoms with van der Waals surface area (Å²) in [6.07, 6.45) is 0. The molecule has 2 aromatic rings. The van der Waals surface area contributed by atoms with Crippen LogP contribution in [0.1, 0.15) is 23.6 Å². The van der Waals surface area contributed by atoms with E-state index in [-0.39, 0.29) is 5.82 Å². The second kappa shape index (κ2) is 7.26. The van der Waals surface area contributed by atoms with Crippen LogP contribution >= 0.6 is 0 Å². The number of halogens is 1. The number of aryl methyl sites for hydroxylation is 1. The van der Waals surface area contributed by atoms with E-state index in [1.165, 1.54) is 6.07 Å². The zero-order valence-electron chi connectivity index (χ0n) is 14.6. The first-order valence-electron chi connectivity index (χ1n) is 8.41. The Morgan fingerprint density at radius 2 is 1.84 bits per heavy atom. The second-order valence-electron chi connectivity index (χ2n) is 6.41. The van der Waals surface area contributed by atoms with E-state index in [0.29, 0.717) is 37.6 Å². The highest BCUT2D eigenvalue weighted by Gasteiger charge is 2.25. The number of ether oxygens (including phenoxy) is 1. The molecule has 0 unspecified atom stereocenters. The Balaban J connectivity index is 1.91. The summed E-state index contributed by atoms with van der Waals surface area (Å²) in [5, 5.41) is 10.8. The van der Waals surface area contributed by atoms with Crippen LogP contribution in [-0.4, -0.2) is 31.4 Å². The number of hydrogen-bond acceptors (Lipinski definition) is 3. The van der Waals surface area contributed by atoms with E-state index in [0.717, 1.165) is 11.1 Å². The molecule has 1 N–H and O–H groups in total. The van der Waals surface area contributed by atoms with Gasteiger partial charge >= 0.3 is 0 Å². The van der Waals surface area contributed by atoms with E-state index in [9.17, 15) is 9.50 Å². The van der Waals surface area contributed by atoms with Crippen LogP contribution in [0.15, 0.2) is 42.5 Å². The summed E-state index contributed by atoms with van der Waals surface area (Å²) in [5.41, 5.74) is 1.24. The number of anilines is 1. The maximum atomic E-state index is 14.7. The number of nitrogens with zero attached hydrogens (tertiary/aromatic N) is 1. The average Bonchev–Trinajstić information content (AvgIpc) is 2.63. The minimum absolute atomic E-state index is 0.343. The minimum atomic E-state index is -1.43. The van der Waals surface area contributed by atoms with Crippen molar-refractivity contribution in [3.63, 3.8) is 0 Å². The van der Waals surface area contributed by atoms with Gasteiger partial charge in [-0.1, -0.05) is 30.0 Å². The van der Waals surface area contributed by atoms with Crippen LogP contribution in [0, 0.1) is 24.6 Å². The quantitative estimate of drug-likeness (QED) is 0.853. The summed E-state index contributed by atoms with van der Waals surface area (Å²) >= 11 is 0. The Labute approximate surface area is 148 Å². The van der Waals surface area contributed by atoms with Crippen LogP contribution in [0.5, 0.6) is 0 Å². The lowest BCUT2D eigenvalue weighted by Crippen LogP contribution is -2.37. The number of benzene rings is 2. The molecule has 1 aliphatic heterocycles. The number of rotatable bonds is 2. The van der Waals surface area contributed by atoms with Crippen molar-refractivity contribution in [2.75, 3.05) is 31.2 Å². The van der Waals surface area contributed by atoms with Gasteiger partial charge in [0, 0.05) is 24.2 Å². The fourth-order valence-electron chi connectivity index (χ4n) is 3.02. The lowest BCUT2D eigenvalue weighted by atomic mass is 9.91. The molecule has 3 rings (SSSR count). The molecule has 3 nitrogen and oxygen atoms in total. The Kier molecular flexibility index (Phi) is 5.08. The van der Waals surface area contributed by atoms with Crippen molar-refractivity contribution in [1.82, 2.24) is 0 Å². The molecule has 1 aliphatic rings. The summed E-state index contributed by atoms with van der Waals surface area (Å²) in [4.78, 5) is 1.97. The van der Waals surface area contributed by atoms with Gasteiger partial charge in [0.1, 0.15) is 11.4 Å². The first-order chi connectivity index (χ1) is 12.0. The van der Waals surface area contributed by atoms with Crippen molar-refractivity contribution >= 4 is 5.69 Å². The molecule has 1 fully saturated rings. The third-order valence-electron chi connectivity index (χ3n) is 4.39. The molecule has 4 heteroatoms. The maximum absolute atomic E-state index is 14.7. The van der Waals surface area contributed by atoms with Gasteiger partial charge in [-0.25, -0.2) is 4.39 Å². The molecule has 130 valence electrons. The van der Waals surface area contributed by atoms with E-state index >= 15 is 0 Å². The third kappa shape index (κ3) is 4.01. The summed E-state index contributed by atoms with van der Waals surface area (Å²) in [5.74, 6) is 5.48. The predicted octanol–water partition coefficient (Wildman–Crippen LogP) is 3.23. The number of morpholine rings is 1. The zero-order valence-corrected chi connectivity index (χ0v) is 14.6. The van der Waals surface area contributed by atoms with Crippen LogP contribution in [0.2, 0.25) is 0 Å². The van der Waals surface area contributed by atoms with Crippen LogP contribution in [0.4, 0.5) is 10.1 Å². The van der Waals surface area contributed by atoms with Crippen molar-refractivity contribution in [3.05, 3.63) is 65.0 Å². The first kappa shape index (κ1) is 17.5. The molecular formula is C21H22FNO2. The molecule has 0 aromatic heterocycles. The molecule has 0 amide bonds. The topological polar surface area (TPSA) is 32.7 Å². The van der Waals surface area contributed by atoms with Crippen LogP contribution < -0.4 is 4.90 Å². The molecule has 2 aromatic carbocycles. The van der Waals surface area contributed by atoms with Gasteiger partial charge in [-0.05, 0) is 43.7 Å². The average molecular weight is 339 g/mol.